The van der Waals surface area contributed by atoms with E-state index < -0.39 is 27.1 Å². The molecule has 0 aliphatic heterocycles. The highest BCUT2D eigenvalue weighted by atomic mass is 32.2. The molecule has 8 heteroatoms. The fourth-order valence-electron chi connectivity index (χ4n) is 2.57. The number of aromatic amines is 1. The van der Waals surface area contributed by atoms with Crippen LogP contribution in [0.3, 0.4) is 0 Å². The first kappa shape index (κ1) is 14.9. The molecule has 4 nitrogen and oxygen atoms in total. The minimum Gasteiger partial charge on any atom is -0.355 e. The van der Waals surface area contributed by atoms with Crippen LogP contribution in [0.4, 0.5) is 13.2 Å². The highest BCUT2D eigenvalue weighted by Gasteiger charge is 2.49. The van der Waals surface area contributed by atoms with Gasteiger partial charge in [-0.05, 0) is 17.7 Å². The van der Waals surface area contributed by atoms with Crippen molar-refractivity contribution in [3.05, 3.63) is 48.0 Å². The summed E-state index contributed by atoms with van der Waals surface area (Å²) >= 11 is 0. The van der Waals surface area contributed by atoms with E-state index in [0.29, 0.717) is 10.9 Å². The van der Waals surface area contributed by atoms with Gasteiger partial charge in [0.15, 0.2) is 0 Å². The number of fused-ring (bicyclic) bond motifs is 3. The van der Waals surface area contributed by atoms with E-state index in [-0.39, 0.29) is 0 Å². The van der Waals surface area contributed by atoms with Gasteiger partial charge in [-0.15, -0.1) is 0 Å². The van der Waals surface area contributed by atoms with Gasteiger partial charge >= 0.3 is 6.18 Å². The van der Waals surface area contributed by atoms with Gasteiger partial charge in [0.1, 0.15) is 0 Å². The summed E-state index contributed by atoms with van der Waals surface area (Å²) in [5.74, 6) is 0. The molecular formula is C14H10F3NO3S. The lowest BCUT2D eigenvalue weighted by molar-refractivity contribution is -0.132. The van der Waals surface area contributed by atoms with Crippen LogP contribution >= 0.6 is 0 Å². The maximum atomic E-state index is 13.0. The predicted molar refractivity (Wildman–Crippen MR) is 76.1 cm³/mol. The Morgan fingerprint density at radius 2 is 1.64 bits per heavy atom. The Bertz CT molecular complexity index is 960. The molecule has 0 saturated heterocycles. The van der Waals surface area contributed by atoms with Crippen LogP contribution in [0.15, 0.2) is 42.5 Å². The lowest BCUT2D eigenvalue weighted by atomic mass is 10.1. The number of hydrogen-bond acceptors (Lipinski definition) is 2. The largest absolute Gasteiger partial charge is 0.411 e. The summed E-state index contributed by atoms with van der Waals surface area (Å²) in [7, 11) is -5.31. The van der Waals surface area contributed by atoms with Gasteiger partial charge in [-0.25, -0.2) is 0 Å². The zero-order valence-corrected chi connectivity index (χ0v) is 11.7. The molecule has 116 valence electrons. The number of nitrogens with one attached hydrogen (secondary N) is 1. The third-order valence-electron chi connectivity index (χ3n) is 3.43. The molecule has 1 aromatic heterocycles. The highest BCUT2D eigenvalue weighted by Crippen LogP contribution is 2.40. The van der Waals surface area contributed by atoms with Gasteiger partial charge in [-0.1, -0.05) is 30.3 Å². The molecule has 1 unspecified atom stereocenters. The van der Waals surface area contributed by atoms with Crippen LogP contribution in [0.25, 0.3) is 21.8 Å². The number of para-hydroxylation sites is 1. The van der Waals surface area contributed by atoms with Gasteiger partial charge in [0.25, 0.3) is 10.1 Å². The molecule has 0 aliphatic rings. The molecule has 0 fully saturated rings. The van der Waals surface area contributed by atoms with Gasteiger partial charge < -0.3 is 4.98 Å². The zero-order chi connectivity index (χ0) is 16.1. The van der Waals surface area contributed by atoms with Crippen LogP contribution in [0.1, 0.15) is 10.8 Å². The number of aromatic nitrogens is 1. The van der Waals surface area contributed by atoms with Gasteiger partial charge in [-0.2, -0.15) is 21.6 Å². The van der Waals surface area contributed by atoms with Crippen molar-refractivity contribution in [3.8, 4) is 0 Å². The molecule has 0 saturated carbocycles. The van der Waals surface area contributed by atoms with Gasteiger partial charge in [0.2, 0.25) is 5.25 Å². The lowest BCUT2D eigenvalue weighted by Gasteiger charge is -2.17. The summed E-state index contributed by atoms with van der Waals surface area (Å²) in [6, 6.07) is 10.7. The van der Waals surface area contributed by atoms with E-state index in [1.54, 1.807) is 24.3 Å². The summed E-state index contributed by atoms with van der Waals surface area (Å²) in [5.41, 5.74) is 0.565. The Morgan fingerprint density at radius 1 is 1.00 bits per heavy atom. The number of benzene rings is 2. The van der Waals surface area contributed by atoms with Crippen LogP contribution in [0, 0.1) is 0 Å². The standard InChI is InChI=1S/C14H10F3NO3S/c15-14(16,17)13(22(19,20)21)8-5-6-10-9-3-1-2-4-11(9)18-12(10)7-8/h1-7,13,18H,(H,19,20,21). The highest BCUT2D eigenvalue weighted by molar-refractivity contribution is 7.86. The van der Waals surface area contributed by atoms with E-state index in [1.807, 2.05) is 0 Å². The van der Waals surface area contributed by atoms with Gasteiger partial charge in [-0.3, -0.25) is 4.55 Å². The molecule has 0 bridgehead atoms. The van der Waals surface area contributed by atoms with Gasteiger partial charge in [0, 0.05) is 21.8 Å². The predicted octanol–water partition coefficient (Wildman–Crippen LogP) is 3.81. The molecule has 2 aromatic carbocycles. The van der Waals surface area contributed by atoms with E-state index in [2.05, 4.69) is 4.98 Å². The Hall–Kier alpha value is -2.06. The Labute approximate surface area is 123 Å². The molecule has 3 aromatic rings. The SMILES string of the molecule is O=S(=O)(O)C(c1ccc2c(c1)[nH]c1ccccc12)C(F)(F)F. The lowest BCUT2D eigenvalue weighted by Crippen LogP contribution is -2.28. The number of rotatable bonds is 2. The van der Waals surface area contributed by atoms with Crippen molar-refractivity contribution in [1.29, 1.82) is 0 Å². The fourth-order valence-corrected chi connectivity index (χ4v) is 3.39. The molecule has 0 amide bonds. The Kier molecular flexibility index (Phi) is 3.19. The third-order valence-corrected chi connectivity index (χ3v) is 4.56. The van der Waals surface area contributed by atoms with E-state index >= 15 is 0 Å². The number of hydrogen-bond donors (Lipinski definition) is 2. The Balaban J connectivity index is 2.25. The van der Waals surface area contributed by atoms with Crippen LogP contribution in [-0.2, 0) is 10.1 Å². The molecule has 0 spiro atoms. The second-order valence-corrected chi connectivity index (χ2v) is 6.41. The third kappa shape index (κ3) is 2.44. The summed E-state index contributed by atoms with van der Waals surface area (Å²) in [5, 5.41) is -1.47. The van der Waals surface area contributed by atoms with Crippen LogP contribution in [-0.4, -0.2) is 24.1 Å². The molecule has 2 N–H and O–H groups in total. The fraction of sp³-hybridized carbons (Fsp3) is 0.143. The molecule has 0 aliphatic carbocycles. The van der Waals surface area contributed by atoms with E-state index in [9.17, 15) is 21.6 Å². The first-order valence-electron chi connectivity index (χ1n) is 6.21. The molecule has 22 heavy (non-hydrogen) atoms. The normalized spacial score (nSPS) is 14.5. The number of H-pyrrole nitrogens is 1. The molecule has 0 radical (unpaired) electrons. The zero-order valence-electron chi connectivity index (χ0n) is 10.9. The minimum atomic E-state index is -5.31. The van der Waals surface area contributed by atoms with Crippen molar-refractivity contribution in [1.82, 2.24) is 4.98 Å². The summed E-state index contributed by atoms with van der Waals surface area (Å²) < 4.78 is 70.0. The average molecular weight is 329 g/mol. The molecular weight excluding hydrogens is 319 g/mol. The topological polar surface area (TPSA) is 70.2 Å². The molecule has 1 heterocycles. The smallest absolute Gasteiger partial charge is 0.355 e. The number of alkyl halides is 3. The van der Waals surface area contributed by atoms with Crippen LogP contribution in [0.2, 0.25) is 0 Å². The second-order valence-electron chi connectivity index (χ2n) is 4.91. The molecule has 3 rings (SSSR count). The monoisotopic (exact) mass is 329 g/mol. The van der Waals surface area contributed by atoms with Crippen molar-refractivity contribution < 1.29 is 26.1 Å². The molecule has 1 atom stereocenters. The maximum Gasteiger partial charge on any atom is 0.411 e. The van der Waals surface area contributed by atoms with Crippen LogP contribution in [0.5, 0.6) is 0 Å². The number of halogens is 3. The van der Waals surface area contributed by atoms with E-state index in [4.69, 9.17) is 4.55 Å². The van der Waals surface area contributed by atoms with Crippen molar-refractivity contribution in [2.75, 3.05) is 0 Å². The Morgan fingerprint density at radius 3 is 2.27 bits per heavy atom. The summed E-state index contributed by atoms with van der Waals surface area (Å²) in [6.07, 6.45) is -5.10. The van der Waals surface area contributed by atoms with Crippen molar-refractivity contribution in [2.24, 2.45) is 0 Å². The average Bonchev–Trinajstić information content (AvgIpc) is 2.72. The van der Waals surface area contributed by atoms with Gasteiger partial charge in [0.05, 0.1) is 0 Å². The van der Waals surface area contributed by atoms with Crippen molar-refractivity contribution in [3.63, 3.8) is 0 Å². The van der Waals surface area contributed by atoms with E-state index in [0.717, 1.165) is 23.0 Å². The first-order valence-corrected chi connectivity index (χ1v) is 7.71. The van der Waals surface area contributed by atoms with Crippen molar-refractivity contribution in [2.45, 2.75) is 11.4 Å². The first-order chi connectivity index (χ1) is 10.2. The quantitative estimate of drug-likeness (QED) is 0.702. The second kappa shape index (κ2) is 4.72. The minimum absolute atomic E-state index is 0.372. The van der Waals surface area contributed by atoms with E-state index in [1.165, 1.54) is 6.07 Å². The summed E-state index contributed by atoms with van der Waals surface area (Å²) in [6.45, 7) is 0. The summed E-state index contributed by atoms with van der Waals surface area (Å²) in [4.78, 5) is 2.93. The maximum absolute atomic E-state index is 13.0. The van der Waals surface area contributed by atoms with Crippen molar-refractivity contribution >= 4 is 31.9 Å². The van der Waals surface area contributed by atoms with Crippen LogP contribution < -0.4 is 0 Å².